The highest BCUT2D eigenvalue weighted by Crippen LogP contribution is 2.39. The number of benzene rings is 1. The Labute approximate surface area is 157 Å². The van der Waals surface area contributed by atoms with Gasteiger partial charge in [-0.2, -0.15) is 9.66 Å². The third-order valence-electron chi connectivity index (χ3n) is 4.28. The van der Waals surface area contributed by atoms with Gasteiger partial charge in [-0.3, -0.25) is 4.79 Å². The maximum absolute atomic E-state index is 12.9. The minimum atomic E-state index is -0.365. The zero-order chi connectivity index (χ0) is 19.1. The van der Waals surface area contributed by atoms with E-state index in [9.17, 15) is 10.1 Å². The Morgan fingerprint density at radius 2 is 2.15 bits per heavy atom. The second-order valence-electron chi connectivity index (χ2n) is 5.66. The van der Waals surface area contributed by atoms with Crippen LogP contribution in [-0.2, 0) is 0 Å². The molecule has 0 bridgehead atoms. The minimum absolute atomic E-state index is 0.0375. The predicted molar refractivity (Wildman–Crippen MR) is 101 cm³/mol. The fraction of sp³-hybridized carbons (Fsp3) is 0.111. The van der Waals surface area contributed by atoms with E-state index in [2.05, 4.69) is 16.0 Å². The van der Waals surface area contributed by atoms with Crippen LogP contribution in [0.4, 0.5) is 5.82 Å². The van der Waals surface area contributed by atoms with E-state index >= 15 is 0 Å². The second-order valence-corrected chi connectivity index (χ2v) is 6.55. The van der Waals surface area contributed by atoms with Crippen LogP contribution in [0.5, 0.6) is 11.5 Å². The van der Waals surface area contributed by atoms with Crippen LogP contribution >= 0.6 is 11.3 Å². The maximum atomic E-state index is 12.9. The number of aromatic amines is 1. The van der Waals surface area contributed by atoms with Gasteiger partial charge in [-0.15, -0.1) is 0 Å². The molecule has 3 N–H and O–H groups in total. The highest BCUT2D eigenvalue weighted by Gasteiger charge is 2.27. The zero-order valence-electron chi connectivity index (χ0n) is 14.4. The summed E-state index contributed by atoms with van der Waals surface area (Å²) in [5.74, 6) is 1.07. The van der Waals surface area contributed by atoms with Gasteiger partial charge in [-0.25, -0.2) is 4.98 Å². The number of anilines is 1. The molecule has 9 heteroatoms. The van der Waals surface area contributed by atoms with Crippen molar-refractivity contribution in [2.45, 2.75) is 0 Å². The average molecular weight is 380 g/mol. The number of fused-ring (bicyclic) bond motifs is 3. The lowest BCUT2D eigenvalue weighted by atomic mass is 9.96. The molecule has 3 aromatic heterocycles. The molecule has 0 radical (unpaired) electrons. The fourth-order valence-corrected chi connectivity index (χ4v) is 3.79. The molecule has 8 nitrogen and oxygen atoms in total. The van der Waals surface area contributed by atoms with Gasteiger partial charge >= 0.3 is 5.56 Å². The molecule has 0 aliphatic heterocycles. The number of hydrogen-bond acceptors (Lipinski definition) is 7. The highest BCUT2D eigenvalue weighted by molar-refractivity contribution is 7.14. The first-order valence-corrected chi connectivity index (χ1v) is 8.73. The van der Waals surface area contributed by atoms with E-state index < -0.39 is 0 Å². The minimum Gasteiger partial charge on any atom is -0.497 e. The van der Waals surface area contributed by atoms with Crippen molar-refractivity contribution >= 4 is 33.1 Å². The molecule has 27 heavy (non-hydrogen) atoms. The highest BCUT2D eigenvalue weighted by atomic mass is 32.1. The van der Waals surface area contributed by atoms with Crippen molar-refractivity contribution < 1.29 is 13.9 Å². The van der Waals surface area contributed by atoms with Crippen molar-refractivity contribution in [1.29, 1.82) is 5.26 Å². The van der Waals surface area contributed by atoms with Gasteiger partial charge in [0.05, 0.1) is 20.4 Å². The van der Waals surface area contributed by atoms with E-state index in [-0.39, 0.29) is 22.3 Å². The molecule has 0 spiro atoms. The van der Waals surface area contributed by atoms with Crippen molar-refractivity contribution in [3.05, 3.63) is 45.7 Å². The Hall–Kier alpha value is -3.64. The van der Waals surface area contributed by atoms with Crippen LogP contribution in [-0.4, -0.2) is 24.2 Å². The SMILES string of the molecule is COc1ccc(OC)c(-c2c(C#N)c(N)nc3c2c(=O)[nH]c2scc[n+]23)c1. The van der Waals surface area contributed by atoms with Crippen LogP contribution in [0.15, 0.2) is 34.6 Å². The van der Waals surface area contributed by atoms with Gasteiger partial charge in [0.15, 0.2) is 0 Å². The number of rotatable bonds is 3. The first-order valence-electron chi connectivity index (χ1n) is 7.85. The molecule has 0 saturated carbocycles. The number of nitrogen functional groups attached to an aromatic ring is 1. The summed E-state index contributed by atoms with van der Waals surface area (Å²) in [4.78, 5) is 20.7. The van der Waals surface area contributed by atoms with Gasteiger partial charge < -0.3 is 15.2 Å². The van der Waals surface area contributed by atoms with Gasteiger partial charge in [0.1, 0.15) is 28.5 Å². The average Bonchev–Trinajstić information content (AvgIpc) is 3.15. The summed E-state index contributed by atoms with van der Waals surface area (Å²) in [5, 5.41) is 11.8. The molecule has 1 aromatic carbocycles. The summed E-state index contributed by atoms with van der Waals surface area (Å²) in [6, 6.07) is 7.22. The van der Waals surface area contributed by atoms with E-state index in [4.69, 9.17) is 15.2 Å². The van der Waals surface area contributed by atoms with Crippen molar-refractivity contribution in [3.8, 4) is 28.7 Å². The number of nitrogens with one attached hydrogen (secondary N) is 1. The lowest BCUT2D eigenvalue weighted by Gasteiger charge is -2.13. The van der Waals surface area contributed by atoms with Gasteiger partial charge in [0.2, 0.25) is 5.82 Å². The fourth-order valence-electron chi connectivity index (χ4n) is 3.07. The molecule has 4 aromatic rings. The molecule has 0 fully saturated rings. The summed E-state index contributed by atoms with van der Waals surface area (Å²) in [6.07, 6.45) is 1.78. The topological polar surface area (TPSA) is 118 Å². The number of thiazole rings is 1. The number of hydrogen-bond donors (Lipinski definition) is 2. The van der Waals surface area contributed by atoms with Crippen LogP contribution in [0, 0.1) is 11.3 Å². The molecule has 134 valence electrons. The van der Waals surface area contributed by atoms with Crippen molar-refractivity contribution in [1.82, 2.24) is 9.97 Å². The number of methoxy groups -OCH3 is 2. The van der Waals surface area contributed by atoms with E-state index in [0.717, 1.165) is 0 Å². The molecule has 0 aliphatic rings. The third-order valence-corrected chi connectivity index (χ3v) is 5.06. The Morgan fingerprint density at radius 1 is 1.33 bits per heavy atom. The number of pyridine rings is 1. The number of nitriles is 1. The van der Waals surface area contributed by atoms with E-state index in [1.54, 1.807) is 28.8 Å². The number of nitrogens with two attached hydrogens (primary N) is 1. The molecular formula is C18H14N5O3S+. The van der Waals surface area contributed by atoms with Crippen LogP contribution < -0.4 is 25.2 Å². The number of aromatic nitrogens is 3. The summed E-state index contributed by atoms with van der Waals surface area (Å²) < 4.78 is 12.5. The van der Waals surface area contributed by atoms with Crippen LogP contribution in [0.1, 0.15) is 5.56 Å². The lowest BCUT2D eigenvalue weighted by molar-refractivity contribution is -0.482. The van der Waals surface area contributed by atoms with Gasteiger partial charge in [-0.05, 0) is 18.2 Å². The smallest absolute Gasteiger partial charge is 0.319 e. The Kier molecular flexibility index (Phi) is 3.90. The normalized spacial score (nSPS) is 10.9. The molecule has 4 rings (SSSR count). The Bertz CT molecular complexity index is 1300. The van der Waals surface area contributed by atoms with Crippen molar-refractivity contribution in [3.63, 3.8) is 0 Å². The van der Waals surface area contributed by atoms with Crippen molar-refractivity contribution in [2.24, 2.45) is 0 Å². The van der Waals surface area contributed by atoms with Gasteiger partial charge in [-0.1, -0.05) is 16.3 Å². The standard InChI is InChI=1S/C18H13N5O3S/c1-25-9-3-4-12(26-2)10(7-9)13-11(8-19)15(20)21-16-14(13)17(24)22-18-23(16)5-6-27-18/h3-7H,1-2H3,(H2,20,21,24)/p+1. The monoisotopic (exact) mass is 380 g/mol. The number of ether oxygens (including phenoxy) is 2. The molecule has 0 aliphatic carbocycles. The first kappa shape index (κ1) is 16.8. The third kappa shape index (κ3) is 2.46. The number of H-pyrrole nitrogens is 1. The largest absolute Gasteiger partial charge is 0.497 e. The number of nitrogens with zero attached hydrogens (tertiary/aromatic N) is 3. The predicted octanol–water partition coefficient (Wildman–Crippen LogP) is 1.86. The van der Waals surface area contributed by atoms with E-state index in [1.807, 2.05) is 5.38 Å². The molecule has 0 saturated heterocycles. The van der Waals surface area contributed by atoms with Crippen LogP contribution in [0.25, 0.3) is 27.1 Å². The summed E-state index contributed by atoms with van der Waals surface area (Å²) in [5.41, 5.74) is 7.07. The molecule has 0 atom stereocenters. The summed E-state index contributed by atoms with van der Waals surface area (Å²) in [6.45, 7) is 0. The van der Waals surface area contributed by atoms with E-state index in [1.165, 1.54) is 25.6 Å². The molecule has 3 heterocycles. The summed E-state index contributed by atoms with van der Waals surface area (Å²) in [7, 11) is 3.05. The van der Waals surface area contributed by atoms with Crippen LogP contribution in [0.2, 0.25) is 0 Å². The maximum Gasteiger partial charge on any atom is 0.319 e. The van der Waals surface area contributed by atoms with Gasteiger partial charge in [0.25, 0.3) is 10.6 Å². The van der Waals surface area contributed by atoms with Crippen LogP contribution in [0.3, 0.4) is 0 Å². The lowest BCUT2D eigenvalue weighted by Crippen LogP contribution is -2.28. The Morgan fingerprint density at radius 3 is 2.85 bits per heavy atom. The summed E-state index contributed by atoms with van der Waals surface area (Å²) >= 11 is 1.36. The van der Waals surface area contributed by atoms with Gasteiger partial charge in [0, 0.05) is 16.5 Å². The zero-order valence-corrected chi connectivity index (χ0v) is 15.3. The Balaban J connectivity index is 2.27. The second kappa shape index (κ2) is 6.26. The van der Waals surface area contributed by atoms with E-state index in [0.29, 0.717) is 33.2 Å². The quantitative estimate of drug-likeness (QED) is 0.524. The molecular weight excluding hydrogens is 366 g/mol. The first-order chi connectivity index (χ1) is 13.1. The molecule has 0 amide bonds. The molecule has 0 unspecified atom stereocenters. The van der Waals surface area contributed by atoms with Crippen molar-refractivity contribution in [2.75, 3.05) is 20.0 Å².